The Morgan fingerprint density at radius 2 is 1.42 bits per heavy atom. The number of rotatable bonds is 33. The summed E-state index contributed by atoms with van der Waals surface area (Å²) in [6.45, 7) is 3.76. The number of esters is 1. The Balaban J connectivity index is 2.26. The van der Waals surface area contributed by atoms with Crippen molar-refractivity contribution in [2.45, 2.75) is 186 Å². The van der Waals surface area contributed by atoms with E-state index in [1.807, 2.05) is 12.2 Å². The second-order valence-corrected chi connectivity index (χ2v) is 15.3. The largest absolute Gasteiger partial charge is 0.492 e. The van der Waals surface area contributed by atoms with Crippen LogP contribution in [0.25, 0.3) is 0 Å². The van der Waals surface area contributed by atoms with Crippen LogP contribution >= 0.6 is 7.82 Å². The molecule has 11 heteroatoms. The maximum absolute atomic E-state index is 12.5. The number of aliphatic hydroxyl groups excluding tert-OH is 2. The Morgan fingerprint density at radius 3 is 2.06 bits per heavy atom. The molecule has 5 atom stereocenters. The van der Waals surface area contributed by atoms with E-state index in [-0.39, 0.29) is 37.1 Å². The van der Waals surface area contributed by atoms with E-state index in [0.717, 1.165) is 57.8 Å². The molecule has 0 aliphatic heterocycles. The van der Waals surface area contributed by atoms with Crippen LogP contribution in [0.5, 0.6) is 0 Å². The molecule has 0 radical (unpaired) electrons. The first-order chi connectivity index (χ1) is 24.1. The van der Waals surface area contributed by atoms with Crippen molar-refractivity contribution in [1.82, 2.24) is 0 Å². The van der Waals surface area contributed by atoms with Gasteiger partial charge >= 0.3 is 13.8 Å². The lowest BCUT2D eigenvalue weighted by molar-refractivity contribution is -0.147. The number of hydrogen-bond donors (Lipinski definition) is 4. The van der Waals surface area contributed by atoms with Crippen molar-refractivity contribution >= 4 is 19.6 Å². The Labute approximate surface area is 303 Å². The second kappa shape index (κ2) is 30.0. The van der Waals surface area contributed by atoms with E-state index >= 15 is 0 Å². The monoisotopic (exact) mass is 730 g/mol. The minimum absolute atomic E-state index is 0.0647. The van der Waals surface area contributed by atoms with Gasteiger partial charge in [0.2, 0.25) is 0 Å². The first-order valence-electron chi connectivity index (χ1n) is 19.8. The van der Waals surface area contributed by atoms with Gasteiger partial charge in [0.25, 0.3) is 0 Å². The summed E-state index contributed by atoms with van der Waals surface area (Å²) in [4.78, 5) is 43.0. The third kappa shape index (κ3) is 25.4. The van der Waals surface area contributed by atoms with Gasteiger partial charge in [-0.15, -0.1) is 0 Å². The minimum Gasteiger partial charge on any atom is -0.492 e. The summed E-state index contributed by atoms with van der Waals surface area (Å²) in [6.07, 6.45) is 28.8. The first-order valence-corrected chi connectivity index (χ1v) is 21.3. The van der Waals surface area contributed by atoms with Gasteiger partial charge in [-0.2, -0.15) is 0 Å². The predicted molar refractivity (Wildman–Crippen MR) is 198 cm³/mol. The highest BCUT2D eigenvalue weighted by molar-refractivity contribution is 7.46. The zero-order valence-corrected chi connectivity index (χ0v) is 32.2. The fourth-order valence-corrected chi connectivity index (χ4v) is 6.80. The smallest absolute Gasteiger partial charge is 0.469 e. The van der Waals surface area contributed by atoms with Gasteiger partial charge in [-0.05, 0) is 38.2 Å². The molecule has 0 bridgehead atoms. The topological polar surface area (TPSA) is 160 Å². The van der Waals surface area contributed by atoms with Crippen molar-refractivity contribution in [3.63, 3.8) is 0 Å². The molecule has 0 spiro atoms. The van der Waals surface area contributed by atoms with E-state index in [2.05, 4.69) is 18.4 Å². The van der Waals surface area contributed by atoms with Crippen molar-refractivity contribution in [2.75, 3.05) is 13.2 Å². The van der Waals surface area contributed by atoms with Gasteiger partial charge < -0.3 is 29.5 Å². The average Bonchev–Trinajstić information content (AvgIpc) is 3.34. The quantitative estimate of drug-likeness (QED) is 0.0169. The molecule has 50 heavy (non-hydrogen) atoms. The lowest BCUT2D eigenvalue weighted by atomic mass is 9.88. The molecule has 1 saturated carbocycles. The number of Topliss-reactive ketones (excluding diaryl/α,β-unsaturated/α-hetero) is 1. The van der Waals surface area contributed by atoms with E-state index in [4.69, 9.17) is 19.3 Å². The van der Waals surface area contributed by atoms with E-state index in [0.29, 0.717) is 19.3 Å². The summed E-state index contributed by atoms with van der Waals surface area (Å²) in [5, 5.41) is 20.6. The van der Waals surface area contributed by atoms with Gasteiger partial charge in [0.15, 0.2) is 6.10 Å². The van der Waals surface area contributed by atoms with E-state index in [1.54, 1.807) is 6.08 Å². The standard InChI is InChI=1S/C39H71O10P/c1-3-5-7-8-9-10-11-12-13-14-15-16-19-23-29-47-34(32-49-50(44,45)46)31-48-39(43)26-22-18-17-21-25-35-36(38(42)30-37(35)41)28-27-33(40)24-20-6-4-2/h23,27-29,33-36,38,40,42H,3-22,24-26,30-32H2,1-2H3,(H2,44,45,46)/b28-27+,29-23+/t33-,34+,35+,36+,38+/m0/s1. The van der Waals surface area contributed by atoms with Crippen molar-refractivity contribution in [2.24, 2.45) is 11.8 Å². The van der Waals surface area contributed by atoms with Crippen molar-refractivity contribution < 1.29 is 48.2 Å². The van der Waals surface area contributed by atoms with E-state index in [1.165, 1.54) is 70.5 Å². The maximum Gasteiger partial charge on any atom is 0.469 e. The van der Waals surface area contributed by atoms with Crippen LogP contribution in [-0.4, -0.2) is 63.3 Å². The summed E-state index contributed by atoms with van der Waals surface area (Å²) in [6, 6.07) is 0. The SMILES string of the molecule is CCCCCCCCCCCCCC/C=C/O[C@H](COC(=O)CCCCCC[C@H]1C(=O)C[C@@H](O)[C@@H]1/C=C/[C@@H](O)CCCCC)COP(=O)(O)O. The third-order valence-electron chi connectivity index (χ3n) is 9.49. The van der Waals surface area contributed by atoms with Crippen LogP contribution in [0.4, 0.5) is 0 Å². The normalized spacial score (nSPS) is 19.5. The summed E-state index contributed by atoms with van der Waals surface area (Å²) in [7, 11) is -4.70. The highest BCUT2D eigenvalue weighted by Gasteiger charge is 2.39. The van der Waals surface area contributed by atoms with E-state index < -0.39 is 38.7 Å². The molecule has 0 aromatic heterocycles. The highest BCUT2D eigenvalue weighted by Crippen LogP contribution is 2.36. The number of phosphoric ester groups is 1. The molecule has 10 nitrogen and oxygen atoms in total. The summed E-state index contributed by atoms with van der Waals surface area (Å²) in [5.41, 5.74) is 0. The van der Waals surface area contributed by atoms with Crippen LogP contribution in [0.3, 0.4) is 0 Å². The number of hydrogen-bond acceptors (Lipinski definition) is 8. The van der Waals surface area contributed by atoms with Crippen molar-refractivity contribution in [1.29, 1.82) is 0 Å². The van der Waals surface area contributed by atoms with Crippen LogP contribution in [0.1, 0.15) is 168 Å². The molecule has 292 valence electrons. The maximum atomic E-state index is 12.5. The molecule has 0 aromatic rings. The molecular formula is C39H71O10P. The molecule has 1 fully saturated rings. The van der Waals surface area contributed by atoms with E-state index in [9.17, 15) is 24.4 Å². The minimum atomic E-state index is -4.70. The van der Waals surface area contributed by atoms with Gasteiger partial charge in [0.05, 0.1) is 25.1 Å². The lowest BCUT2D eigenvalue weighted by Gasteiger charge is -2.18. The number of aliphatic hydroxyl groups is 2. The Kier molecular flexibility index (Phi) is 27.9. The zero-order chi connectivity index (χ0) is 36.9. The summed E-state index contributed by atoms with van der Waals surface area (Å²) < 4.78 is 26.7. The number of carbonyl (C=O) groups is 2. The molecule has 0 aromatic carbocycles. The van der Waals surface area contributed by atoms with Gasteiger partial charge in [0.1, 0.15) is 12.4 Å². The number of ether oxygens (including phenoxy) is 2. The Morgan fingerprint density at radius 1 is 0.840 bits per heavy atom. The summed E-state index contributed by atoms with van der Waals surface area (Å²) in [5.74, 6) is -0.880. The fraction of sp³-hybridized carbons (Fsp3) is 0.846. The van der Waals surface area contributed by atoms with Crippen molar-refractivity contribution in [3.05, 3.63) is 24.5 Å². The molecular weight excluding hydrogens is 659 g/mol. The van der Waals surface area contributed by atoms with Gasteiger partial charge in [-0.3, -0.25) is 14.1 Å². The van der Waals surface area contributed by atoms with Crippen LogP contribution < -0.4 is 0 Å². The molecule has 1 rings (SSSR count). The molecule has 0 heterocycles. The van der Waals surface area contributed by atoms with Gasteiger partial charge in [-0.25, -0.2) is 4.57 Å². The molecule has 4 N–H and O–H groups in total. The summed E-state index contributed by atoms with van der Waals surface area (Å²) >= 11 is 0. The van der Waals surface area contributed by atoms with Crippen LogP contribution in [0.15, 0.2) is 24.5 Å². The average molecular weight is 731 g/mol. The Hall–Kier alpha value is -1.55. The van der Waals surface area contributed by atoms with Crippen LogP contribution in [-0.2, 0) is 28.2 Å². The number of unbranched alkanes of at least 4 members (excludes halogenated alkanes) is 17. The lowest BCUT2D eigenvalue weighted by Crippen LogP contribution is -2.25. The number of carbonyl (C=O) groups excluding carboxylic acids is 2. The number of phosphoric acid groups is 1. The predicted octanol–water partition coefficient (Wildman–Crippen LogP) is 9.03. The number of ketones is 1. The van der Waals surface area contributed by atoms with Crippen LogP contribution in [0, 0.1) is 11.8 Å². The number of allylic oxidation sites excluding steroid dienone is 1. The van der Waals surface area contributed by atoms with Gasteiger partial charge in [0, 0.05) is 24.7 Å². The molecule has 0 amide bonds. The third-order valence-corrected chi connectivity index (χ3v) is 9.97. The zero-order valence-electron chi connectivity index (χ0n) is 31.3. The highest BCUT2D eigenvalue weighted by atomic mass is 31.2. The first kappa shape index (κ1) is 46.5. The van der Waals surface area contributed by atoms with Crippen molar-refractivity contribution in [3.8, 4) is 0 Å². The molecule has 1 aliphatic carbocycles. The molecule has 1 aliphatic rings. The van der Waals surface area contributed by atoms with Gasteiger partial charge in [-0.1, -0.05) is 135 Å². The molecule has 0 saturated heterocycles. The second-order valence-electron chi connectivity index (χ2n) is 14.1. The Bertz CT molecular complexity index is 965. The molecule has 0 unspecified atom stereocenters. The fourth-order valence-electron chi connectivity index (χ4n) is 6.44. The van der Waals surface area contributed by atoms with Crippen LogP contribution in [0.2, 0.25) is 0 Å².